The summed E-state index contributed by atoms with van der Waals surface area (Å²) in [7, 11) is 0. The number of rotatable bonds is 5. The molecule has 3 rings (SSSR count). The number of hydrogen-bond acceptors (Lipinski definition) is 3. The first-order valence-electron chi connectivity index (χ1n) is 8.37. The van der Waals surface area contributed by atoms with Crippen LogP contribution in [0.4, 0.5) is 15.8 Å². The number of nitrogens with zero attached hydrogens (tertiary/aromatic N) is 1. The van der Waals surface area contributed by atoms with E-state index in [9.17, 15) is 18.8 Å². The molecule has 0 atom stereocenters. The summed E-state index contributed by atoms with van der Waals surface area (Å²) >= 11 is 6.23. The van der Waals surface area contributed by atoms with Crippen LogP contribution in [0.2, 0.25) is 5.02 Å². The summed E-state index contributed by atoms with van der Waals surface area (Å²) < 4.78 is 13.1. The number of benzene rings is 2. The average Bonchev–Trinajstić information content (AvgIpc) is 3.05. The highest BCUT2D eigenvalue weighted by Gasteiger charge is 2.23. The van der Waals surface area contributed by atoms with Crippen LogP contribution in [-0.4, -0.2) is 30.8 Å². The van der Waals surface area contributed by atoms with Gasteiger partial charge in [0.1, 0.15) is 5.82 Å². The molecule has 1 fully saturated rings. The Morgan fingerprint density at radius 3 is 2.67 bits per heavy atom. The summed E-state index contributed by atoms with van der Waals surface area (Å²) in [5.74, 6) is -1.52. The van der Waals surface area contributed by atoms with E-state index in [-0.39, 0.29) is 18.0 Å². The molecule has 8 heteroatoms. The molecule has 0 saturated carbocycles. The zero-order valence-corrected chi connectivity index (χ0v) is 15.1. The molecular formula is C19H17ClFN3O3. The third-order valence-electron chi connectivity index (χ3n) is 4.09. The van der Waals surface area contributed by atoms with Crippen LogP contribution >= 0.6 is 11.6 Å². The molecule has 1 aliphatic heterocycles. The van der Waals surface area contributed by atoms with E-state index < -0.39 is 17.6 Å². The molecule has 2 aromatic carbocycles. The van der Waals surface area contributed by atoms with Gasteiger partial charge in [-0.05, 0) is 42.8 Å². The van der Waals surface area contributed by atoms with Crippen molar-refractivity contribution >= 4 is 40.7 Å². The number of halogens is 2. The number of amides is 3. The Balaban J connectivity index is 1.57. The smallest absolute Gasteiger partial charge is 0.251 e. The van der Waals surface area contributed by atoms with Crippen LogP contribution in [0.1, 0.15) is 23.2 Å². The molecule has 140 valence electrons. The number of nitrogens with one attached hydrogen (secondary N) is 2. The van der Waals surface area contributed by atoms with Crippen molar-refractivity contribution < 1.29 is 18.8 Å². The van der Waals surface area contributed by atoms with Crippen molar-refractivity contribution in [2.75, 3.05) is 23.3 Å². The Kier molecular flexibility index (Phi) is 5.71. The highest BCUT2D eigenvalue weighted by Crippen LogP contribution is 2.31. The van der Waals surface area contributed by atoms with Gasteiger partial charge in [0.2, 0.25) is 11.8 Å². The Bertz CT molecular complexity index is 904. The number of carbonyl (C=O) groups is 3. The van der Waals surface area contributed by atoms with E-state index in [4.69, 9.17) is 11.6 Å². The van der Waals surface area contributed by atoms with Crippen LogP contribution in [0, 0.1) is 5.82 Å². The molecule has 2 N–H and O–H groups in total. The molecule has 1 heterocycles. The van der Waals surface area contributed by atoms with Crippen LogP contribution in [-0.2, 0) is 9.59 Å². The molecule has 0 bridgehead atoms. The molecule has 0 aliphatic carbocycles. The zero-order valence-electron chi connectivity index (χ0n) is 14.3. The molecule has 0 spiro atoms. The summed E-state index contributed by atoms with van der Waals surface area (Å²) in [5.41, 5.74) is 1.18. The van der Waals surface area contributed by atoms with Crippen molar-refractivity contribution in [1.82, 2.24) is 5.32 Å². The normalized spacial score (nSPS) is 13.6. The van der Waals surface area contributed by atoms with Gasteiger partial charge in [-0.3, -0.25) is 14.4 Å². The van der Waals surface area contributed by atoms with E-state index in [0.717, 1.165) is 12.5 Å². The van der Waals surface area contributed by atoms with E-state index in [2.05, 4.69) is 10.6 Å². The summed E-state index contributed by atoms with van der Waals surface area (Å²) in [6.07, 6.45) is 1.29. The largest absolute Gasteiger partial charge is 0.343 e. The molecule has 0 aromatic heterocycles. The molecular weight excluding hydrogens is 373 g/mol. The summed E-state index contributed by atoms with van der Waals surface area (Å²) in [4.78, 5) is 37.4. The molecule has 27 heavy (non-hydrogen) atoms. The lowest BCUT2D eigenvalue weighted by Crippen LogP contribution is -2.32. The van der Waals surface area contributed by atoms with E-state index in [1.807, 2.05) is 0 Å². The maximum absolute atomic E-state index is 13.1. The van der Waals surface area contributed by atoms with Gasteiger partial charge in [0.25, 0.3) is 5.91 Å². The standard InChI is InChI=1S/C19H17ClFN3O3/c20-15-10-14(6-7-16(15)24-8-2-5-18(24)26)23-17(25)11-22-19(27)12-3-1-4-13(21)9-12/h1,3-4,6-7,9-10H,2,5,8,11H2,(H,22,27)(H,23,25). The molecule has 0 unspecified atom stereocenters. The third kappa shape index (κ3) is 4.62. The zero-order chi connectivity index (χ0) is 19.4. The highest BCUT2D eigenvalue weighted by molar-refractivity contribution is 6.34. The summed E-state index contributed by atoms with van der Waals surface area (Å²) in [5, 5.41) is 5.39. The van der Waals surface area contributed by atoms with Gasteiger partial charge in [-0.25, -0.2) is 4.39 Å². The molecule has 2 aromatic rings. The Labute approximate surface area is 160 Å². The van der Waals surface area contributed by atoms with Gasteiger partial charge in [-0.1, -0.05) is 17.7 Å². The first-order valence-corrected chi connectivity index (χ1v) is 8.75. The van der Waals surface area contributed by atoms with Crippen LogP contribution in [0.3, 0.4) is 0 Å². The van der Waals surface area contributed by atoms with Crippen molar-refractivity contribution in [1.29, 1.82) is 0 Å². The van der Waals surface area contributed by atoms with E-state index in [1.54, 1.807) is 23.1 Å². The monoisotopic (exact) mass is 389 g/mol. The predicted octanol–water partition coefficient (Wildman–Crippen LogP) is 2.97. The minimum Gasteiger partial charge on any atom is -0.343 e. The fourth-order valence-corrected chi connectivity index (χ4v) is 3.09. The Morgan fingerprint density at radius 1 is 1.19 bits per heavy atom. The first-order chi connectivity index (χ1) is 12.9. The number of anilines is 2. The second-order valence-corrected chi connectivity index (χ2v) is 6.46. The van der Waals surface area contributed by atoms with Crippen LogP contribution in [0.5, 0.6) is 0 Å². The second kappa shape index (κ2) is 8.18. The van der Waals surface area contributed by atoms with E-state index in [0.29, 0.717) is 29.4 Å². The SMILES string of the molecule is O=C(CNC(=O)c1cccc(F)c1)Nc1ccc(N2CCCC2=O)c(Cl)c1. The maximum Gasteiger partial charge on any atom is 0.251 e. The third-order valence-corrected chi connectivity index (χ3v) is 4.39. The minimum absolute atomic E-state index is 0.0220. The predicted molar refractivity (Wildman–Crippen MR) is 100 cm³/mol. The molecule has 6 nitrogen and oxygen atoms in total. The second-order valence-electron chi connectivity index (χ2n) is 6.06. The fourth-order valence-electron chi connectivity index (χ4n) is 2.80. The van der Waals surface area contributed by atoms with Crippen molar-refractivity contribution in [3.05, 3.63) is 58.9 Å². The van der Waals surface area contributed by atoms with Crippen molar-refractivity contribution in [3.63, 3.8) is 0 Å². The lowest BCUT2D eigenvalue weighted by molar-refractivity contribution is -0.117. The van der Waals surface area contributed by atoms with Gasteiger partial charge in [0.15, 0.2) is 0 Å². The lowest BCUT2D eigenvalue weighted by Gasteiger charge is -2.18. The van der Waals surface area contributed by atoms with Crippen LogP contribution < -0.4 is 15.5 Å². The fraction of sp³-hybridized carbons (Fsp3) is 0.211. The lowest BCUT2D eigenvalue weighted by atomic mass is 10.2. The van der Waals surface area contributed by atoms with Gasteiger partial charge in [0.05, 0.1) is 17.3 Å². The quantitative estimate of drug-likeness (QED) is 0.825. The van der Waals surface area contributed by atoms with Crippen molar-refractivity contribution in [2.45, 2.75) is 12.8 Å². The Hall–Kier alpha value is -2.93. The summed E-state index contributed by atoms with van der Waals surface area (Å²) in [6.45, 7) is 0.343. The van der Waals surface area contributed by atoms with E-state index in [1.165, 1.54) is 18.2 Å². The topological polar surface area (TPSA) is 78.5 Å². The number of hydrogen-bond donors (Lipinski definition) is 2. The molecule has 1 aliphatic rings. The van der Waals surface area contributed by atoms with Crippen molar-refractivity contribution in [2.24, 2.45) is 0 Å². The van der Waals surface area contributed by atoms with Crippen LogP contribution in [0.25, 0.3) is 0 Å². The highest BCUT2D eigenvalue weighted by atomic mass is 35.5. The minimum atomic E-state index is -0.550. The molecule has 3 amide bonds. The van der Waals surface area contributed by atoms with Gasteiger partial charge >= 0.3 is 0 Å². The Morgan fingerprint density at radius 2 is 2.00 bits per heavy atom. The van der Waals surface area contributed by atoms with Gasteiger partial charge in [0, 0.05) is 24.2 Å². The van der Waals surface area contributed by atoms with E-state index >= 15 is 0 Å². The molecule has 1 saturated heterocycles. The van der Waals surface area contributed by atoms with Gasteiger partial charge in [-0.2, -0.15) is 0 Å². The summed E-state index contributed by atoms with van der Waals surface area (Å²) in [6, 6.07) is 10.0. The van der Waals surface area contributed by atoms with Gasteiger partial charge < -0.3 is 15.5 Å². The number of carbonyl (C=O) groups excluding carboxylic acids is 3. The average molecular weight is 390 g/mol. The molecule has 0 radical (unpaired) electrons. The van der Waals surface area contributed by atoms with Crippen molar-refractivity contribution in [3.8, 4) is 0 Å². The van der Waals surface area contributed by atoms with Gasteiger partial charge in [-0.15, -0.1) is 0 Å². The first kappa shape index (κ1) is 18.8. The maximum atomic E-state index is 13.1. The van der Waals surface area contributed by atoms with Crippen LogP contribution in [0.15, 0.2) is 42.5 Å².